The number of carboxylic acid groups (broad SMARTS) is 1. The van der Waals surface area contributed by atoms with E-state index in [9.17, 15) is 9.59 Å². The zero-order valence-electron chi connectivity index (χ0n) is 10.2. The van der Waals surface area contributed by atoms with Gasteiger partial charge in [0.05, 0.1) is 0 Å². The Morgan fingerprint density at radius 2 is 2.17 bits per heavy atom. The van der Waals surface area contributed by atoms with Gasteiger partial charge in [0.2, 0.25) is 0 Å². The molecule has 1 aliphatic heterocycles. The van der Waals surface area contributed by atoms with Crippen molar-refractivity contribution in [3.05, 3.63) is 29.8 Å². The second-order valence-corrected chi connectivity index (χ2v) is 4.74. The van der Waals surface area contributed by atoms with E-state index in [4.69, 9.17) is 10.8 Å². The van der Waals surface area contributed by atoms with Crippen LogP contribution in [0.5, 0.6) is 0 Å². The minimum Gasteiger partial charge on any atom is -0.480 e. The number of hydrogen-bond donors (Lipinski definition) is 2. The molecule has 0 radical (unpaired) electrons. The molecule has 1 aliphatic rings. The molecule has 0 aliphatic carbocycles. The molecule has 0 spiro atoms. The van der Waals surface area contributed by atoms with Crippen LogP contribution < -0.4 is 10.6 Å². The summed E-state index contributed by atoms with van der Waals surface area (Å²) < 4.78 is 0. The first kappa shape index (κ1) is 12.6. The minimum atomic E-state index is -1.19. The SMILES string of the molecule is CC(=O)c1cccc(N2CCC(N)(C(=O)O)C2)c1. The third-order valence-corrected chi connectivity index (χ3v) is 3.34. The van der Waals surface area contributed by atoms with Crippen LogP contribution in [-0.4, -0.2) is 35.5 Å². The first-order valence-electron chi connectivity index (χ1n) is 5.81. The van der Waals surface area contributed by atoms with Gasteiger partial charge in [-0.1, -0.05) is 12.1 Å². The van der Waals surface area contributed by atoms with Crippen LogP contribution >= 0.6 is 0 Å². The molecule has 0 aromatic heterocycles. The fourth-order valence-corrected chi connectivity index (χ4v) is 2.15. The zero-order chi connectivity index (χ0) is 13.3. The van der Waals surface area contributed by atoms with Crippen molar-refractivity contribution in [2.75, 3.05) is 18.0 Å². The van der Waals surface area contributed by atoms with Crippen molar-refractivity contribution in [3.8, 4) is 0 Å². The Labute approximate surface area is 105 Å². The van der Waals surface area contributed by atoms with E-state index < -0.39 is 11.5 Å². The van der Waals surface area contributed by atoms with Crippen molar-refractivity contribution in [2.45, 2.75) is 18.9 Å². The number of hydrogen-bond acceptors (Lipinski definition) is 4. The van der Waals surface area contributed by atoms with E-state index in [0.29, 0.717) is 18.5 Å². The van der Waals surface area contributed by atoms with Crippen LogP contribution in [0, 0.1) is 0 Å². The standard InChI is InChI=1S/C13H16N2O3/c1-9(16)10-3-2-4-11(7-10)15-6-5-13(14,8-15)12(17)18/h2-4,7H,5-6,8,14H2,1H3,(H,17,18). The lowest BCUT2D eigenvalue weighted by atomic mass is 10.0. The predicted molar refractivity (Wildman–Crippen MR) is 67.8 cm³/mol. The highest BCUT2D eigenvalue weighted by Gasteiger charge is 2.41. The molecular formula is C13H16N2O3. The summed E-state index contributed by atoms with van der Waals surface area (Å²) >= 11 is 0. The summed E-state index contributed by atoms with van der Waals surface area (Å²) in [7, 11) is 0. The number of aliphatic carboxylic acids is 1. The van der Waals surface area contributed by atoms with Gasteiger partial charge in [-0.05, 0) is 25.5 Å². The Morgan fingerprint density at radius 1 is 1.44 bits per heavy atom. The number of carbonyl (C=O) groups excluding carboxylic acids is 1. The Morgan fingerprint density at radius 3 is 2.72 bits per heavy atom. The van der Waals surface area contributed by atoms with Crippen LogP contribution in [0.2, 0.25) is 0 Å². The van der Waals surface area contributed by atoms with E-state index in [1.807, 2.05) is 11.0 Å². The van der Waals surface area contributed by atoms with Gasteiger partial charge in [-0.3, -0.25) is 9.59 Å². The first-order chi connectivity index (χ1) is 8.42. The number of benzene rings is 1. The van der Waals surface area contributed by atoms with Gasteiger partial charge in [0.15, 0.2) is 5.78 Å². The van der Waals surface area contributed by atoms with Crippen LogP contribution in [0.3, 0.4) is 0 Å². The van der Waals surface area contributed by atoms with E-state index in [1.54, 1.807) is 18.2 Å². The lowest BCUT2D eigenvalue weighted by Gasteiger charge is -2.22. The maximum Gasteiger partial charge on any atom is 0.325 e. The van der Waals surface area contributed by atoms with E-state index in [0.717, 1.165) is 5.69 Å². The van der Waals surface area contributed by atoms with E-state index in [-0.39, 0.29) is 12.3 Å². The number of nitrogens with zero attached hydrogens (tertiary/aromatic N) is 1. The van der Waals surface area contributed by atoms with Gasteiger partial charge in [-0.15, -0.1) is 0 Å². The Balaban J connectivity index is 2.22. The highest BCUT2D eigenvalue weighted by Crippen LogP contribution is 2.26. The molecule has 18 heavy (non-hydrogen) atoms. The normalized spacial score (nSPS) is 23.1. The van der Waals surface area contributed by atoms with Gasteiger partial charge in [0.25, 0.3) is 0 Å². The van der Waals surface area contributed by atoms with Crippen molar-refractivity contribution in [1.82, 2.24) is 0 Å². The molecule has 1 unspecified atom stereocenters. The van der Waals surface area contributed by atoms with Gasteiger partial charge in [0, 0.05) is 24.3 Å². The maximum absolute atomic E-state index is 11.3. The molecule has 0 saturated carbocycles. The summed E-state index contributed by atoms with van der Waals surface area (Å²) in [6.45, 7) is 2.36. The largest absolute Gasteiger partial charge is 0.480 e. The van der Waals surface area contributed by atoms with E-state index in [1.165, 1.54) is 6.92 Å². The zero-order valence-corrected chi connectivity index (χ0v) is 10.2. The molecule has 96 valence electrons. The van der Waals surface area contributed by atoms with Gasteiger partial charge in [0.1, 0.15) is 5.54 Å². The van der Waals surface area contributed by atoms with Crippen LogP contribution in [0.25, 0.3) is 0 Å². The topological polar surface area (TPSA) is 83.6 Å². The van der Waals surface area contributed by atoms with Crippen LogP contribution in [0.1, 0.15) is 23.7 Å². The fourth-order valence-electron chi connectivity index (χ4n) is 2.15. The second-order valence-electron chi connectivity index (χ2n) is 4.74. The van der Waals surface area contributed by atoms with Crippen molar-refractivity contribution in [1.29, 1.82) is 0 Å². The summed E-state index contributed by atoms with van der Waals surface area (Å²) in [5.41, 5.74) is 6.10. The number of ketones is 1. The van der Waals surface area contributed by atoms with Crippen molar-refractivity contribution in [3.63, 3.8) is 0 Å². The number of carbonyl (C=O) groups is 2. The highest BCUT2D eigenvalue weighted by atomic mass is 16.4. The lowest BCUT2D eigenvalue weighted by Crippen LogP contribution is -2.50. The van der Waals surface area contributed by atoms with Gasteiger partial charge in [-0.25, -0.2) is 0 Å². The minimum absolute atomic E-state index is 0.00621. The quantitative estimate of drug-likeness (QED) is 0.776. The molecule has 0 amide bonds. The molecule has 5 nitrogen and oxygen atoms in total. The van der Waals surface area contributed by atoms with Gasteiger partial charge >= 0.3 is 5.97 Å². The maximum atomic E-state index is 11.3. The Hall–Kier alpha value is -1.88. The molecule has 1 saturated heterocycles. The third-order valence-electron chi connectivity index (χ3n) is 3.34. The Bertz CT molecular complexity index is 501. The molecule has 1 fully saturated rings. The number of nitrogens with two attached hydrogens (primary N) is 1. The van der Waals surface area contributed by atoms with Crippen molar-refractivity contribution in [2.24, 2.45) is 5.73 Å². The van der Waals surface area contributed by atoms with E-state index in [2.05, 4.69) is 0 Å². The molecule has 1 aromatic carbocycles. The van der Waals surface area contributed by atoms with Crippen LogP contribution in [0.15, 0.2) is 24.3 Å². The number of rotatable bonds is 3. The molecule has 1 heterocycles. The van der Waals surface area contributed by atoms with Crippen molar-refractivity contribution >= 4 is 17.4 Å². The summed E-state index contributed by atoms with van der Waals surface area (Å²) in [6.07, 6.45) is 0.409. The predicted octanol–water partition coefficient (Wildman–Crippen LogP) is 0.881. The molecular weight excluding hydrogens is 232 g/mol. The number of anilines is 1. The van der Waals surface area contributed by atoms with Crippen LogP contribution in [-0.2, 0) is 4.79 Å². The molecule has 2 rings (SSSR count). The number of carboxylic acids is 1. The number of Topliss-reactive ketones (excluding diaryl/α,β-unsaturated/α-hetero) is 1. The molecule has 1 atom stereocenters. The summed E-state index contributed by atoms with van der Waals surface area (Å²) in [5, 5.41) is 9.07. The fraction of sp³-hybridized carbons (Fsp3) is 0.385. The summed E-state index contributed by atoms with van der Waals surface area (Å²) in [6, 6.07) is 7.17. The monoisotopic (exact) mass is 248 g/mol. The Kier molecular flexibility index (Phi) is 3.09. The smallest absolute Gasteiger partial charge is 0.325 e. The van der Waals surface area contributed by atoms with E-state index >= 15 is 0 Å². The average Bonchev–Trinajstić information content (AvgIpc) is 2.73. The summed E-state index contributed by atoms with van der Waals surface area (Å²) in [5.74, 6) is -0.985. The molecule has 0 bridgehead atoms. The van der Waals surface area contributed by atoms with Gasteiger partial charge < -0.3 is 15.7 Å². The second kappa shape index (κ2) is 4.42. The third kappa shape index (κ3) is 2.22. The highest BCUT2D eigenvalue weighted by molar-refractivity contribution is 5.95. The molecule has 5 heteroatoms. The average molecular weight is 248 g/mol. The van der Waals surface area contributed by atoms with Crippen LogP contribution in [0.4, 0.5) is 5.69 Å². The lowest BCUT2D eigenvalue weighted by molar-refractivity contribution is -0.142. The van der Waals surface area contributed by atoms with Crippen molar-refractivity contribution < 1.29 is 14.7 Å². The first-order valence-corrected chi connectivity index (χ1v) is 5.81. The molecule has 1 aromatic rings. The van der Waals surface area contributed by atoms with Gasteiger partial charge in [-0.2, -0.15) is 0 Å². The molecule has 3 N–H and O–H groups in total. The summed E-state index contributed by atoms with van der Waals surface area (Å²) in [4.78, 5) is 24.3.